The monoisotopic (exact) mass is 397 g/mol. The SMILES string of the molecule is [2H]c1c([2H])c([2H])c(-c2ccc3c(c2)C2(c4ccccc4-c4ccccc42)c2ccccc2-3)c([2H])c1[2H]. The van der Waals surface area contributed by atoms with Crippen molar-refractivity contribution in [2.75, 3.05) is 0 Å². The van der Waals surface area contributed by atoms with E-state index in [0.717, 1.165) is 16.7 Å². The van der Waals surface area contributed by atoms with E-state index in [1.165, 1.54) is 27.8 Å². The zero-order valence-electron chi connectivity index (χ0n) is 21.7. The lowest BCUT2D eigenvalue weighted by Gasteiger charge is -2.30. The normalized spacial score (nSPS) is 16.3. The van der Waals surface area contributed by atoms with Crippen LogP contribution >= 0.6 is 0 Å². The number of benzene rings is 5. The Bertz CT molecular complexity index is 1660. The Morgan fingerprint density at radius 1 is 0.452 bits per heavy atom. The van der Waals surface area contributed by atoms with Crippen LogP contribution in [0.1, 0.15) is 29.1 Å². The summed E-state index contributed by atoms with van der Waals surface area (Å²) in [5, 5.41) is 0. The van der Waals surface area contributed by atoms with E-state index in [1.54, 1.807) is 0 Å². The van der Waals surface area contributed by atoms with Crippen molar-refractivity contribution in [2.24, 2.45) is 0 Å². The molecule has 2 aliphatic rings. The summed E-state index contributed by atoms with van der Waals surface area (Å²) in [5.74, 6) is 0. The molecule has 0 nitrogen and oxygen atoms in total. The van der Waals surface area contributed by atoms with Crippen LogP contribution in [-0.4, -0.2) is 0 Å². The molecule has 0 heteroatoms. The second kappa shape index (κ2) is 6.06. The molecule has 0 N–H and O–H groups in total. The van der Waals surface area contributed by atoms with Crippen molar-refractivity contribution in [1.29, 1.82) is 0 Å². The van der Waals surface area contributed by atoms with Crippen LogP contribution in [-0.2, 0) is 5.41 Å². The number of hydrogen-bond acceptors (Lipinski definition) is 0. The molecule has 0 fully saturated rings. The summed E-state index contributed by atoms with van der Waals surface area (Å²) in [6.07, 6.45) is 0. The fourth-order valence-corrected chi connectivity index (χ4v) is 5.64. The van der Waals surface area contributed by atoms with Gasteiger partial charge in [-0.05, 0) is 61.7 Å². The maximum absolute atomic E-state index is 8.56. The Balaban J connectivity index is 1.62. The summed E-state index contributed by atoms with van der Waals surface area (Å²) in [6, 6.07) is 30.1. The summed E-state index contributed by atoms with van der Waals surface area (Å²) < 4.78 is 41.5. The molecule has 144 valence electrons. The van der Waals surface area contributed by atoms with Gasteiger partial charge in [0.2, 0.25) is 0 Å². The van der Waals surface area contributed by atoms with E-state index in [2.05, 4.69) is 72.8 Å². The van der Waals surface area contributed by atoms with Gasteiger partial charge in [-0.2, -0.15) is 0 Å². The van der Waals surface area contributed by atoms with Crippen LogP contribution < -0.4 is 0 Å². The lowest BCUT2D eigenvalue weighted by molar-refractivity contribution is 0.794. The first kappa shape index (κ1) is 12.7. The summed E-state index contributed by atoms with van der Waals surface area (Å²) in [4.78, 5) is 0. The minimum atomic E-state index is -0.539. The van der Waals surface area contributed by atoms with Crippen molar-refractivity contribution in [3.8, 4) is 33.4 Å². The predicted molar refractivity (Wildman–Crippen MR) is 128 cm³/mol. The molecule has 0 bridgehead atoms. The summed E-state index contributed by atoms with van der Waals surface area (Å²) in [5.41, 5.74) is 9.66. The zero-order chi connectivity index (χ0) is 24.8. The van der Waals surface area contributed by atoms with Crippen molar-refractivity contribution in [3.05, 3.63) is 143 Å². The van der Waals surface area contributed by atoms with Crippen LogP contribution in [0, 0.1) is 0 Å². The highest BCUT2D eigenvalue weighted by molar-refractivity contribution is 5.95. The topological polar surface area (TPSA) is 0 Å². The molecule has 0 unspecified atom stereocenters. The van der Waals surface area contributed by atoms with E-state index in [9.17, 15) is 0 Å². The van der Waals surface area contributed by atoms with Gasteiger partial charge in [0.1, 0.15) is 0 Å². The molecule has 7 rings (SSSR count). The molecule has 0 saturated carbocycles. The molecule has 2 aliphatic carbocycles. The molecule has 0 aliphatic heterocycles. The van der Waals surface area contributed by atoms with Gasteiger partial charge in [0.05, 0.1) is 12.3 Å². The third-order valence-corrected chi connectivity index (χ3v) is 6.79. The Kier molecular flexibility index (Phi) is 2.49. The third kappa shape index (κ3) is 2.04. The Hall–Kier alpha value is -3.90. The lowest BCUT2D eigenvalue weighted by atomic mass is 9.70. The first-order valence-corrected chi connectivity index (χ1v) is 10.5. The van der Waals surface area contributed by atoms with Gasteiger partial charge in [-0.25, -0.2) is 0 Å². The van der Waals surface area contributed by atoms with Crippen molar-refractivity contribution < 1.29 is 6.85 Å². The van der Waals surface area contributed by atoms with Gasteiger partial charge in [0.15, 0.2) is 0 Å². The predicted octanol–water partition coefficient (Wildman–Crippen LogP) is 7.70. The molecule has 31 heavy (non-hydrogen) atoms. The summed E-state index contributed by atoms with van der Waals surface area (Å²) >= 11 is 0. The molecule has 5 aromatic carbocycles. The Labute approximate surface area is 189 Å². The zero-order valence-corrected chi connectivity index (χ0v) is 16.7. The van der Waals surface area contributed by atoms with Gasteiger partial charge in [-0.3, -0.25) is 0 Å². The molecule has 1 spiro atoms. The first-order chi connectivity index (χ1) is 17.5. The van der Waals surface area contributed by atoms with Crippen molar-refractivity contribution in [3.63, 3.8) is 0 Å². The quantitative estimate of drug-likeness (QED) is 0.266. The minimum absolute atomic E-state index is 0.183. The van der Waals surface area contributed by atoms with Crippen LogP contribution in [0.25, 0.3) is 33.4 Å². The Morgan fingerprint density at radius 2 is 0.935 bits per heavy atom. The van der Waals surface area contributed by atoms with E-state index < -0.39 is 5.41 Å². The van der Waals surface area contributed by atoms with Gasteiger partial charge in [0, 0.05) is 0 Å². The van der Waals surface area contributed by atoms with E-state index in [1.807, 2.05) is 18.2 Å². The molecule has 0 heterocycles. The average Bonchev–Trinajstić information content (AvgIpc) is 3.38. The van der Waals surface area contributed by atoms with Gasteiger partial charge in [0.25, 0.3) is 0 Å². The lowest BCUT2D eigenvalue weighted by Crippen LogP contribution is -2.25. The summed E-state index contributed by atoms with van der Waals surface area (Å²) in [6.45, 7) is 0. The minimum Gasteiger partial charge on any atom is -0.0622 e. The molecule has 0 saturated heterocycles. The maximum Gasteiger partial charge on any atom is 0.0725 e. The van der Waals surface area contributed by atoms with Crippen LogP contribution in [0.3, 0.4) is 0 Å². The highest BCUT2D eigenvalue weighted by atomic mass is 14.5. The highest BCUT2D eigenvalue weighted by Crippen LogP contribution is 2.62. The van der Waals surface area contributed by atoms with Crippen LogP contribution in [0.2, 0.25) is 0 Å². The second-order valence-corrected chi connectivity index (χ2v) is 8.15. The molecular weight excluding hydrogens is 372 g/mol. The molecular formula is C31H20. The van der Waals surface area contributed by atoms with Gasteiger partial charge in [-0.15, -0.1) is 0 Å². The third-order valence-electron chi connectivity index (χ3n) is 6.79. The standard InChI is InChI=1S/C31H20/c1-2-10-21(11-3-1)22-18-19-26-25-14-6-9-17-29(25)31(30(26)20-22)27-15-7-4-12-23(27)24-13-5-8-16-28(24)31/h1-20H/i1D,2D,3D,10D,11D. The maximum atomic E-state index is 8.56. The molecule has 0 radical (unpaired) electrons. The van der Waals surface area contributed by atoms with Gasteiger partial charge in [-0.1, -0.05) is 115 Å². The number of fused-ring (bicyclic) bond motifs is 10. The fourth-order valence-electron chi connectivity index (χ4n) is 5.64. The van der Waals surface area contributed by atoms with E-state index in [4.69, 9.17) is 6.85 Å². The van der Waals surface area contributed by atoms with E-state index >= 15 is 0 Å². The van der Waals surface area contributed by atoms with Crippen LogP contribution in [0.4, 0.5) is 0 Å². The van der Waals surface area contributed by atoms with E-state index in [-0.39, 0.29) is 35.8 Å². The molecule has 5 aromatic rings. The molecule has 0 amide bonds. The summed E-state index contributed by atoms with van der Waals surface area (Å²) in [7, 11) is 0. The second-order valence-electron chi connectivity index (χ2n) is 8.15. The van der Waals surface area contributed by atoms with Crippen LogP contribution in [0.5, 0.6) is 0 Å². The van der Waals surface area contributed by atoms with Gasteiger partial charge >= 0.3 is 0 Å². The average molecular weight is 398 g/mol. The smallest absolute Gasteiger partial charge is 0.0622 e. The highest BCUT2D eigenvalue weighted by Gasteiger charge is 2.51. The fraction of sp³-hybridized carbons (Fsp3) is 0.0323. The van der Waals surface area contributed by atoms with Crippen molar-refractivity contribution in [2.45, 2.75) is 5.41 Å². The largest absolute Gasteiger partial charge is 0.0725 e. The van der Waals surface area contributed by atoms with Gasteiger partial charge < -0.3 is 0 Å². The molecule has 0 aromatic heterocycles. The number of hydrogen-bond donors (Lipinski definition) is 0. The van der Waals surface area contributed by atoms with E-state index in [0.29, 0.717) is 5.56 Å². The number of rotatable bonds is 1. The van der Waals surface area contributed by atoms with Crippen molar-refractivity contribution >= 4 is 0 Å². The Morgan fingerprint density at radius 3 is 1.48 bits per heavy atom. The van der Waals surface area contributed by atoms with Crippen LogP contribution in [0.15, 0.2) is 121 Å². The van der Waals surface area contributed by atoms with Crippen molar-refractivity contribution in [1.82, 2.24) is 0 Å². The first-order valence-electron chi connectivity index (χ1n) is 13.0. The molecule has 0 atom stereocenters.